The van der Waals surface area contributed by atoms with Crippen molar-refractivity contribution in [3.63, 3.8) is 0 Å². The third kappa shape index (κ3) is 6.43. The van der Waals surface area contributed by atoms with Gasteiger partial charge in [0.2, 0.25) is 0 Å². The molecule has 1 aromatic carbocycles. The van der Waals surface area contributed by atoms with E-state index in [2.05, 4.69) is 0 Å². The van der Waals surface area contributed by atoms with Gasteiger partial charge in [-0.05, 0) is 18.2 Å². The van der Waals surface area contributed by atoms with E-state index in [1.54, 1.807) is 6.07 Å². The molecule has 0 aliphatic rings. The summed E-state index contributed by atoms with van der Waals surface area (Å²) in [5, 5.41) is 0.618. The predicted octanol–water partition coefficient (Wildman–Crippen LogP) is 2.27. The molecular formula is C14H18ClNO4. The van der Waals surface area contributed by atoms with Gasteiger partial charge in [-0.2, -0.15) is 0 Å². The van der Waals surface area contributed by atoms with Crippen molar-refractivity contribution in [1.82, 2.24) is 0 Å². The Balaban J connectivity index is 2.62. The van der Waals surface area contributed by atoms with Crippen LogP contribution in [0.2, 0.25) is 5.02 Å². The highest BCUT2D eigenvalue weighted by Gasteiger charge is 2.08. The minimum atomic E-state index is -0.323. The summed E-state index contributed by atoms with van der Waals surface area (Å²) in [6, 6.07) is 7.32. The Hall–Kier alpha value is -1.75. The number of carbonyl (C=O) groups is 2. The second-order valence-corrected chi connectivity index (χ2v) is 4.58. The van der Waals surface area contributed by atoms with Gasteiger partial charge < -0.3 is 14.4 Å². The lowest BCUT2D eigenvalue weighted by Crippen LogP contribution is -2.31. The van der Waals surface area contributed by atoms with Gasteiger partial charge in [-0.1, -0.05) is 17.7 Å². The zero-order valence-corrected chi connectivity index (χ0v) is 12.4. The van der Waals surface area contributed by atoms with Crippen molar-refractivity contribution in [1.29, 1.82) is 0 Å². The molecule has 0 aliphatic carbocycles. The van der Waals surface area contributed by atoms with E-state index < -0.39 is 0 Å². The van der Waals surface area contributed by atoms with Gasteiger partial charge in [-0.25, -0.2) is 0 Å². The fourth-order valence-electron chi connectivity index (χ4n) is 1.64. The van der Waals surface area contributed by atoms with Gasteiger partial charge in [-0.15, -0.1) is 0 Å². The number of nitrogens with zero attached hydrogens (tertiary/aromatic N) is 1. The highest BCUT2D eigenvalue weighted by Crippen LogP contribution is 2.19. The lowest BCUT2D eigenvalue weighted by atomic mass is 10.3. The maximum Gasteiger partial charge on any atom is 0.302 e. The maximum absolute atomic E-state index is 10.8. The smallest absolute Gasteiger partial charge is 0.302 e. The standard InChI is InChI=1S/C14H18ClNO4/c1-11(17)19-8-6-16(7-9-20-12(2)18)14-5-3-4-13(15)10-14/h3-5,10H,6-9H2,1-2H3. The first-order chi connectivity index (χ1) is 9.49. The van der Waals surface area contributed by atoms with Crippen molar-refractivity contribution in [3.8, 4) is 0 Å². The van der Waals surface area contributed by atoms with E-state index in [0.29, 0.717) is 18.1 Å². The average Bonchev–Trinajstić information content (AvgIpc) is 2.36. The molecule has 1 aromatic rings. The number of hydrogen-bond acceptors (Lipinski definition) is 5. The van der Waals surface area contributed by atoms with Crippen molar-refractivity contribution in [3.05, 3.63) is 29.3 Å². The fraction of sp³-hybridized carbons (Fsp3) is 0.429. The molecule has 0 heterocycles. The molecule has 1 rings (SSSR count). The zero-order valence-electron chi connectivity index (χ0n) is 11.6. The van der Waals surface area contributed by atoms with Crippen molar-refractivity contribution in [2.45, 2.75) is 13.8 Å². The zero-order chi connectivity index (χ0) is 15.0. The van der Waals surface area contributed by atoms with Gasteiger partial charge in [0, 0.05) is 24.6 Å². The monoisotopic (exact) mass is 299 g/mol. The van der Waals surface area contributed by atoms with E-state index in [-0.39, 0.29) is 25.2 Å². The molecule has 0 saturated heterocycles. The van der Waals surface area contributed by atoms with Crippen molar-refractivity contribution in [2.75, 3.05) is 31.2 Å². The molecule has 110 valence electrons. The summed E-state index contributed by atoms with van der Waals surface area (Å²) in [6.45, 7) is 4.26. The molecule has 0 aromatic heterocycles. The summed E-state index contributed by atoms with van der Waals surface area (Å²) < 4.78 is 9.86. The normalized spacial score (nSPS) is 9.95. The van der Waals surface area contributed by atoms with Crippen molar-refractivity contribution < 1.29 is 19.1 Å². The highest BCUT2D eigenvalue weighted by atomic mass is 35.5. The Morgan fingerprint density at radius 2 is 1.65 bits per heavy atom. The van der Waals surface area contributed by atoms with Gasteiger partial charge in [-0.3, -0.25) is 9.59 Å². The topological polar surface area (TPSA) is 55.8 Å². The van der Waals surface area contributed by atoms with Crippen LogP contribution in [0.4, 0.5) is 5.69 Å². The quantitative estimate of drug-likeness (QED) is 0.723. The molecule has 0 amide bonds. The summed E-state index contributed by atoms with van der Waals surface area (Å²) in [5.74, 6) is -0.646. The molecule has 0 radical (unpaired) electrons. The first kappa shape index (κ1) is 16.3. The van der Waals surface area contributed by atoms with Crippen molar-refractivity contribution in [2.24, 2.45) is 0 Å². The minimum Gasteiger partial charge on any atom is -0.464 e. The van der Waals surface area contributed by atoms with Gasteiger partial charge >= 0.3 is 11.9 Å². The average molecular weight is 300 g/mol. The summed E-state index contributed by atoms with van der Waals surface area (Å²) in [6.07, 6.45) is 0. The number of esters is 2. The van der Waals surface area contributed by atoms with Gasteiger partial charge in [0.25, 0.3) is 0 Å². The lowest BCUT2D eigenvalue weighted by Gasteiger charge is -2.24. The van der Waals surface area contributed by atoms with E-state index in [1.807, 2.05) is 23.1 Å². The van der Waals surface area contributed by atoms with E-state index in [1.165, 1.54) is 13.8 Å². The van der Waals surface area contributed by atoms with Crippen LogP contribution in [0.25, 0.3) is 0 Å². The summed E-state index contributed by atoms with van der Waals surface area (Å²) in [4.78, 5) is 23.5. The first-order valence-corrected chi connectivity index (χ1v) is 6.64. The van der Waals surface area contributed by atoms with Gasteiger partial charge in [0.05, 0.1) is 13.1 Å². The number of rotatable bonds is 7. The molecule has 0 spiro atoms. The van der Waals surface area contributed by atoms with Gasteiger partial charge in [0.1, 0.15) is 13.2 Å². The largest absolute Gasteiger partial charge is 0.464 e. The molecule has 20 heavy (non-hydrogen) atoms. The molecule has 0 bridgehead atoms. The number of hydrogen-bond donors (Lipinski definition) is 0. The second kappa shape index (κ2) is 8.43. The Morgan fingerprint density at radius 3 is 2.10 bits per heavy atom. The number of halogens is 1. The van der Waals surface area contributed by atoms with Crippen LogP contribution in [0.5, 0.6) is 0 Å². The Kier molecular flexibility index (Phi) is 6.87. The molecule has 0 unspecified atom stereocenters. The molecule has 6 heteroatoms. The Bertz CT molecular complexity index is 444. The molecule has 0 aliphatic heterocycles. The van der Waals surface area contributed by atoms with E-state index >= 15 is 0 Å². The number of benzene rings is 1. The molecule has 0 saturated carbocycles. The SMILES string of the molecule is CC(=O)OCCN(CCOC(C)=O)c1cccc(Cl)c1. The number of anilines is 1. The van der Waals surface area contributed by atoms with Crippen LogP contribution in [0.3, 0.4) is 0 Å². The van der Waals surface area contributed by atoms with Gasteiger partial charge in [0.15, 0.2) is 0 Å². The Labute approximate surface area is 123 Å². The molecule has 0 fully saturated rings. The van der Waals surface area contributed by atoms with Crippen LogP contribution in [-0.4, -0.2) is 38.2 Å². The summed E-state index contributed by atoms with van der Waals surface area (Å²) in [7, 11) is 0. The third-order valence-corrected chi connectivity index (χ3v) is 2.74. The van der Waals surface area contributed by atoms with Crippen LogP contribution >= 0.6 is 11.6 Å². The predicted molar refractivity (Wildman–Crippen MR) is 76.9 cm³/mol. The second-order valence-electron chi connectivity index (χ2n) is 4.15. The Morgan fingerprint density at radius 1 is 1.10 bits per heavy atom. The van der Waals surface area contributed by atoms with Crippen LogP contribution in [0.15, 0.2) is 24.3 Å². The van der Waals surface area contributed by atoms with Crippen LogP contribution in [-0.2, 0) is 19.1 Å². The van der Waals surface area contributed by atoms with Crippen LogP contribution < -0.4 is 4.90 Å². The lowest BCUT2D eigenvalue weighted by molar-refractivity contribution is -0.141. The molecule has 0 N–H and O–H groups in total. The fourth-order valence-corrected chi connectivity index (χ4v) is 1.83. The summed E-state index contributed by atoms with van der Waals surface area (Å²) in [5.41, 5.74) is 0.886. The van der Waals surface area contributed by atoms with Crippen LogP contribution in [0, 0.1) is 0 Å². The maximum atomic E-state index is 10.8. The summed E-state index contributed by atoms with van der Waals surface area (Å²) >= 11 is 5.96. The highest BCUT2D eigenvalue weighted by molar-refractivity contribution is 6.30. The van der Waals surface area contributed by atoms with Crippen molar-refractivity contribution >= 4 is 29.2 Å². The molecular weight excluding hydrogens is 282 g/mol. The molecule has 5 nitrogen and oxygen atoms in total. The first-order valence-electron chi connectivity index (χ1n) is 6.26. The number of carbonyl (C=O) groups excluding carboxylic acids is 2. The molecule has 0 atom stereocenters. The van der Waals surface area contributed by atoms with Crippen LogP contribution in [0.1, 0.15) is 13.8 Å². The van der Waals surface area contributed by atoms with E-state index in [9.17, 15) is 9.59 Å². The minimum absolute atomic E-state index is 0.266. The van der Waals surface area contributed by atoms with E-state index in [0.717, 1.165) is 5.69 Å². The van der Waals surface area contributed by atoms with E-state index in [4.69, 9.17) is 21.1 Å². The number of ether oxygens (including phenoxy) is 2. The third-order valence-electron chi connectivity index (χ3n) is 2.51.